The van der Waals surface area contributed by atoms with Crippen LogP contribution in [0.1, 0.15) is 13.3 Å². The lowest BCUT2D eigenvalue weighted by atomic mass is 9.57. The van der Waals surface area contributed by atoms with E-state index in [9.17, 15) is 20.4 Å². The third-order valence-corrected chi connectivity index (χ3v) is 5.07. The molecule has 5 rings (SSSR count). The Bertz CT molecular complexity index is 512. The molecule has 4 fully saturated rings. The highest BCUT2D eigenvalue weighted by Crippen LogP contribution is 2.58. The van der Waals surface area contributed by atoms with Gasteiger partial charge in [0.05, 0.1) is 17.6 Å². The zero-order chi connectivity index (χ0) is 14.5. The number of hydrogen-bond acceptors (Lipinski definition) is 9. The fourth-order valence-corrected chi connectivity index (χ4v) is 4.10. The van der Waals surface area contributed by atoms with Crippen molar-refractivity contribution < 1.29 is 29.9 Å². The second-order valence-electron chi connectivity index (χ2n) is 6.23. The zero-order valence-corrected chi connectivity index (χ0v) is 10.7. The highest BCUT2D eigenvalue weighted by molar-refractivity contribution is 5.80. The van der Waals surface area contributed by atoms with E-state index in [-0.39, 0.29) is 12.4 Å². The molecule has 3 saturated heterocycles. The predicted molar refractivity (Wildman–Crippen MR) is 62.9 cm³/mol. The lowest BCUT2D eigenvalue weighted by Gasteiger charge is -2.69. The van der Waals surface area contributed by atoms with Gasteiger partial charge in [-0.3, -0.25) is 0 Å². The highest BCUT2D eigenvalue weighted by atomic mass is 16.9. The maximum Gasteiger partial charge on any atom is 0.311 e. The molecular formula is C11H17N3O6. The molecule has 1 spiro atoms. The molecule has 8 atom stereocenters. The SMILES string of the molecule is C[C@@]1(O)C2C[C@]34NC(N)=N[C@H](O)[C@H]3[C@H]1OC(O)(O2)[C@H]4O. The van der Waals surface area contributed by atoms with Gasteiger partial charge in [0.15, 0.2) is 18.3 Å². The number of nitrogens with zero attached hydrogens (tertiary/aromatic N) is 1. The molecule has 9 heteroatoms. The van der Waals surface area contributed by atoms with E-state index < -0.39 is 47.6 Å². The lowest BCUT2D eigenvalue weighted by Crippen LogP contribution is -2.90. The molecule has 0 radical (unpaired) electrons. The Morgan fingerprint density at radius 1 is 1.35 bits per heavy atom. The predicted octanol–water partition coefficient (Wildman–Crippen LogP) is -3.46. The van der Waals surface area contributed by atoms with Crippen molar-refractivity contribution in [1.29, 1.82) is 0 Å². The molecule has 0 aromatic carbocycles. The van der Waals surface area contributed by atoms with E-state index in [1.54, 1.807) is 0 Å². The van der Waals surface area contributed by atoms with Crippen molar-refractivity contribution in [1.82, 2.24) is 5.32 Å². The summed E-state index contributed by atoms with van der Waals surface area (Å²) in [6.45, 7) is 1.51. The number of rotatable bonds is 0. The minimum atomic E-state index is -2.23. The molecule has 4 heterocycles. The number of aliphatic hydroxyl groups excluding tert-OH is 2. The van der Waals surface area contributed by atoms with Crippen LogP contribution in [0.4, 0.5) is 0 Å². The summed E-state index contributed by atoms with van der Waals surface area (Å²) in [5.74, 6) is -3.00. The molecule has 112 valence electrons. The minimum absolute atomic E-state index is 0.0296. The number of aliphatic hydroxyl groups is 4. The molecule has 0 amide bonds. The summed E-state index contributed by atoms with van der Waals surface area (Å²) in [6, 6.07) is 0. The number of nitrogens with one attached hydrogen (secondary N) is 1. The molecule has 4 aliphatic heterocycles. The first-order valence-electron chi connectivity index (χ1n) is 6.49. The van der Waals surface area contributed by atoms with Crippen molar-refractivity contribution in [2.45, 2.75) is 55.0 Å². The maximum atomic E-state index is 10.6. The quantitative estimate of drug-likeness (QED) is 0.269. The summed E-state index contributed by atoms with van der Waals surface area (Å²) in [6.07, 6.45) is -4.24. The monoisotopic (exact) mass is 287 g/mol. The molecule has 4 bridgehead atoms. The van der Waals surface area contributed by atoms with Gasteiger partial charge in [0.1, 0.15) is 11.7 Å². The van der Waals surface area contributed by atoms with E-state index in [0.29, 0.717) is 0 Å². The van der Waals surface area contributed by atoms with Gasteiger partial charge in [-0.1, -0.05) is 0 Å². The first-order valence-corrected chi connectivity index (χ1v) is 6.49. The highest BCUT2D eigenvalue weighted by Gasteiger charge is 2.78. The number of guanidine groups is 1. The third-order valence-electron chi connectivity index (χ3n) is 5.07. The summed E-state index contributed by atoms with van der Waals surface area (Å²) in [5.41, 5.74) is 3.08. The van der Waals surface area contributed by atoms with Crippen molar-refractivity contribution in [2.75, 3.05) is 0 Å². The van der Waals surface area contributed by atoms with Gasteiger partial charge < -0.3 is 41.0 Å². The van der Waals surface area contributed by atoms with Crippen LogP contribution in [0.3, 0.4) is 0 Å². The Morgan fingerprint density at radius 2 is 2.05 bits per heavy atom. The van der Waals surface area contributed by atoms with Gasteiger partial charge in [0, 0.05) is 6.42 Å². The molecule has 5 aliphatic rings. The fraction of sp³-hybridized carbons (Fsp3) is 0.909. The van der Waals surface area contributed by atoms with Gasteiger partial charge >= 0.3 is 5.97 Å². The molecule has 20 heavy (non-hydrogen) atoms. The number of nitrogens with two attached hydrogens (primary N) is 1. The van der Waals surface area contributed by atoms with E-state index in [2.05, 4.69) is 10.3 Å². The topological polar surface area (TPSA) is 150 Å². The second-order valence-corrected chi connectivity index (χ2v) is 6.23. The summed E-state index contributed by atoms with van der Waals surface area (Å²) in [7, 11) is 0. The summed E-state index contributed by atoms with van der Waals surface area (Å²) < 4.78 is 10.6. The van der Waals surface area contributed by atoms with Gasteiger partial charge in [-0.2, -0.15) is 0 Å². The summed E-state index contributed by atoms with van der Waals surface area (Å²) >= 11 is 0. The Kier molecular flexibility index (Phi) is 2.08. The Labute approximate surface area is 114 Å². The Morgan fingerprint density at radius 3 is 2.75 bits per heavy atom. The zero-order valence-electron chi connectivity index (χ0n) is 10.7. The molecule has 0 aromatic heterocycles. The summed E-state index contributed by atoms with van der Waals surface area (Å²) in [4.78, 5) is 3.82. The van der Waals surface area contributed by atoms with Gasteiger partial charge in [-0.15, -0.1) is 0 Å². The molecule has 7 N–H and O–H groups in total. The van der Waals surface area contributed by atoms with Crippen molar-refractivity contribution in [3.63, 3.8) is 0 Å². The average Bonchev–Trinajstić information content (AvgIpc) is 2.29. The van der Waals surface area contributed by atoms with E-state index in [0.717, 1.165) is 0 Å². The lowest BCUT2D eigenvalue weighted by molar-refractivity contribution is -0.532. The van der Waals surface area contributed by atoms with Crippen molar-refractivity contribution in [2.24, 2.45) is 16.6 Å². The van der Waals surface area contributed by atoms with E-state index >= 15 is 0 Å². The smallest absolute Gasteiger partial charge is 0.311 e. The Balaban J connectivity index is 1.90. The van der Waals surface area contributed by atoms with Crippen LogP contribution in [0.5, 0.6) is 0 Å². The minimum Gasteiger partial charge on any atom is -0.385 e. The van der Waals surface area contributed by atoms with Crippen molar-refractivity contribution in [3.8, 4) is 0 Å². The molecule has 1 aliphatic carbocycles. The van der Waals surface area contributed by atoms with Gasteiger partial charge in [0.2, 0.25) is 0 Å². The second kappa shape index (κ2) is 3.26. The molecule has 9 nitrogen and oxygen atoms in total. The van der Waals surface area contributed by atoms with Crippen LogP contribution in [0, 0.1) is 5.92 Å². The number of hydrogen-bond donors (Lipinski definition) is 6. The van der Waals surface area contributed by atoms with Crippen LogP contribution < -0.4 is 11.1 Å². The molecule has 2 unspecified atom stereocenters. The van der Waals surface area contributed by atoms with Crippen LogP contribution >= 0.6 is 0 Å². The normalized spacial score (nSPS) is 63.6. The summed E-state index contributed by atoms with van der Waals surface area (Å²) in [5, 5.41) is 44.3. The standard InChI is InChI=1S/C11H17N3O6/c1-9(17)3-2-10-4(6(15)13-8(12)14-10)5(9)20-11(18,19-3)7(10)16/h3-7,15-18H,2H2,1H3,(H3,12,13,14)/t3?,4-,5-,6-,7+,9-,10+,11?/m1/s1. The molecule has 1 saturated carbocycles. The van der Waals surface area contributed by atoms with Crippen molar-refractivity contribution >= 4 is 5.96 Å². The number of aliphatic imine (C=N–C) groups is 1. The first-order chi connectivity index (χ1) is 9.21. The van der Waals surface area contributed by atoms with Crippen LogP contribution in [0.25, 0.3) is 0 Å². The van der Waals surface area contributed by atoms with Crippen LogP contribution in [-0.4, -0.2) is 68.0 Å². The molecular weight excluding hydrogens is 270 g/mol. The largest absolute Gasteiger partial charge is 0.385 e. The first kappa shape index (κ1) is 12.7. The van der Waals surface area contributed by atoms with E-state index in [1.807, 2.05) is 0 Å². The maximum absolute atomic E-state index is 10.6. The van der Waals surface area contributed by atoms with Gasteiger partial charge in [-0.25, -0.2) is 4.99 Å². The van der Waals surface area contributed by atoms with Crippen LogP contribution in [0.15, 0.2) is 4.99 Å². The Hall–Kier alpha value is -0.970. The van der Waals surface area contributed by atoms with Gasteiger partial charge in [-0.05, 0) is 6.92 Å². The fourth-order valence-electron chi connectivity index (χ4n) is 4.10. The van der Waals surface area contributed by atoms with Crippen molar-refractivity contribution in [3.05, 3.63) is 0 Å². The van der Waals surface area contributed by atoms with Crippen LogP contribution in [0.2, 0.25) is 0 Å². The van der Waals surface area contributed by atoms with E-state index in [4.69, 9.17) is 15.2 Å². The average molecular weight is 287 g/mol. The van der Waals surface area contributed by atoms with Gasteiger partial charge in [0.25, 0.3) is 0 Å². The number of ether oxygens (including phenoxy) is 2. The third kappa shape index (κ3) is 1.17. The molecule has 0 aromatic rings. The van der Waals surface area contributed by atoms with Crippen LogP contribution in [-0.2, 0) is 9.47 Å². The van der Waals surface area contributed by atoms with E-state index in [1.165, 1.54) is 6.92 Å².